The van der Waals surface area contributed by atoms with Crippen LogP contribution in [0.4, 0.5) is 13.6 Å². The van der Waals surface area contributed by atoms with Gasteiger partial charge in [0.2, 0.25) is 0 Å². The maximum Gasteiger partial charge on any atom is 0.411 e. The van der Waals surface area contributed by atoms with Crippen LogP contribution in [-0.4, -0.2) is 40.8 Å². The fourth-order valence-corrected chi connectivity index (χ4v) is 2.39. The Morgan fingerprint density at radius 2 is 1.69 bits per heavy atom. The van der Waals surface area contributed by atoms with Gasteiger partial charge in [-0.05, 0) is 51.8 Å². The first-order chi connectivity index (χ1) is 11.9. The van der Waals surface area contributed by atoms with Gasteiger partial charge in [0.15, 0.2) is 5.54 Å². The van der Waals surface area contributed by atoms with E-state index >= 15 is 0 Å². The Kier molecular flexibility index (Phi) is 6.94. The Labute approximate surface area is 151 Å². The summed E-state index contributed by atoms with van der Waals surface area (Å²) in [7, 11) is 0. The predicted molar refractivity (Wildman–Crippen MR) is 91.3 cm³/mol. The summed E-state index contributed by atoms with van der Waals surface area (Å²) in [5.74, 6) is -1.37. The minimum Gasteiger partial charge on any atom is -0.479 e. The number of ether oxygens (including phenoxy) is 2. The van der Waals surface area contributed by atoms with Gasteiger partial charge in [0.1, 0.15) is 11.4 Å². The number of hydrogen-bond donors (Lipinski definition) is 1. The number of amides is 1. The second kappa shape index (κ2) is 8.33. The number of rotatable bonds is 7. The third kappa shape index (κ3) is 5.31. The molecular formula is C18H25F2NO5. The summed E-state index contributed by atoms with van der Waals surface area (Å²) < 4.78 is 34.2. The Bertz CT molecular complexity index is 627. The molecule has 6 nitrogen and oxygen atoms in total. The van der Waals surface area contributed by atoms with Crippen LogP contribution < -0.4 is 4.74 Å². The molecule has 1 amide bonds. The van der Waals surface area contributed by atoms with Crippen molar-refractivity contribution in [2.75, 3.05) is 6.54 Å². The highest BCUT2D eigenvalue weighted by Crippen LogP contribution is 2.32. The Morgan fingerprint density at radius 1 is 1.15 bits per heavy atom. The quantitative estimate of drug-likeness (QED) is 0.774. The summed E-state index contributed by atoms with van der Waals surface area (Å²) in [6.45, 7) is 5.39. The molecule has 0 spiro atoms. The second-order valence-corrected chi connectivity index (χ2v) is 6.91. The standard InChI is InChI=1S/C18H25F2NO5/c1-6-11-21(16(24)26-17(2,3)4)18(5,14(22)23)12-7-9-13(10-8-12)25-15(19)20/h7-10,15H,6,11H2,1-5H3,(H,22,23). The van der Waals surface area contributed by atoms with Crippen LogP contribution in [0.1, 0.15) is 46.6 Å². The van der Waals surface area contributed by atoms with Crippen LogP contribution in [0, 0.1) is 0 Å². The van der Waals surface area contributed by atoms with Crippen LogP contribution in [-0.2, 0) is 15.1 Å². The van der Waals surface area contributed by atoms with Gasteiger partial charge in [-0.25, -0.2) is 9.59 Å². The Balaban J connectivity index is 3.30. The summed E-state index contributed by atoms with van der Waals surface area (Å²) >= 11 is 0. The van der Waals surface area contributed by atoms with Crippen molar-refractivity contribution >= 4 is 12.1 Å². The summed E-state index contributed by atoms with van der Waals surface area (Å²) in [6.07, 6.45) is -0.258. The van der Waals surface area contributed by atoms with Gasteiger partial charge in [0, 0.05) is 6.54 Å². The van der Waals surface area contributed by atoms with Crippen molar-refractivity contribution in [2.24, 2.45) is 0 Å². The number of carboxylic acids is 1. The topological polar surface area (TPSA) is 76.1 Å². The van der Waals surface area contributed by atoms with Crippen LogP contribution in [0.15, 0.2) is 24.3 Å². The lowest BCUT2D eigenvalue weighted by molar-refractivity contribution is -0.151. The fourth-order valence-electron chi connectivity index (χ4n) is 2.39. The Hall–Kier alpha value is -2.38. The number of carbonyl (C=O) groups is 2. The van der Waals surface area contributed by atoms with Crippen LogP contribution >= 0.6 is 0 Å². The smallest absolute Gasteiger partial charge is 0.411 e. The molecule has 0 heterocycles. The summed E-state index contributed by atoms with van der Waals surface area (Å²) in [6, 6.07) is 5.17. The maximum atomic E-state index is 12.6. The molecule has 1 aromatic carbocycles. The molecule has 0 fully saturated rings. The number of halogens is 2. The largest absolute Gasteiger partial charge is 0.479 e. The van der Waals surface area contributed by atoms with E-state index in [1.165, 1.54) is 31.2 Å². The molecule has 26 heavy (non-hydrogen) atoms. The number of carboxylic acid groups (broad SMARTS) is 1. The van der Waals surface area contributed by atoms with Crippen molar-refractivity contribution in [3.8, 4) is 5.75 Å². The molecule has 0 aliphatic carbocycles. The molecule has 1 N–H and O–H groups in total. The van der Waals surface area contributed by atoms with E-state index in [1.54, 1.807) is 27.7 Å². The highest BCUT2D eigenvalue weighted by atomic mass is 19.3. The summed E-state index contributed by atoms with van der Waals surface area (Å²) in [4.78, 5) is 25.8. The molecule has 0 saturated heterocycles. The van der Waals surface area contributed by atoms with Crippen molar-refractivity contribution in [3.63, 3.8) is 0 Å². The van der Waals surface area contributed by atoms with Gasteiger partial charge in [-0.3, -0.25) is 4.90 Å². The molecule has 1 atom stereocenters. The minimum absolute atomic E-state index is 0.101. The molecule has 0 aromatic heterocycles. The zero-order valence-electron chi connectivity index (χ0n) is 15.6. The first-order valence-electron chi connectivity index (χ1n) is 8.21. The van der Waals surface area contributed by atoms with Crippen molar-refractivity contribution in [3.05, 3.63) is 29.8 Å². The monoisotopic (exact) mass is 373 g/mol. The van der Waals surface area contributed by atoms with E-state index in [1.807, 2.05) is 0 Å². The van der Waals surface area contributed by atoms with Crippen molar-refractivity contribution < 1.29 is 33.0 Å². The SMILES string of the molecule is CCCN(C(=O)OC(C)(C)C)C(C)(C(=O)O)c1ccc(OC(F)F)cc1. The van der Waals surface area contributed by atoms with Crippen LogP contribution in [0.25, 0.3) is 0 Å². The first-order valence-corrected chi connectivity index (χ1v) is 8.21. The van der Waals surface area contributed by atoms with Gasteiger partial charge in [-0.1, -0.05) is 19.1 Å². The van der Waals surface area contributed by atoms with E-state index in [0.29, 0.717) is 6.42 Å². The Morgan fingerprint density at radius 3 is 2.08 bits per heavy atom. The molecule has 0 aliphatic rings. The molecule has 0 saturated carbocycles. The summed E-state index contributed by atoms with van der Waals surface area (Å²) in [5, 5.41) is 9.84. The first kappa shape index (κ1) is 21.7. The number of alkyl halides is 2. The fraction of sp³-hybridized carbons (Fsp3) is 0.556. The van der Waals surface area contributed by atoms with E-state index in [-0.39, 0.29) is 17.9 Å². The molecule has 1 aromatic rings. The average molecular weight is 373 g/mol. The average Bonchev–Trinajstić information content (AvgIpc) is 2.50. The molecule has 146 valence electrons. The highest BCUT2D eigenvalue weighted by molar-refractivity contribution is 5.85. The third-order valence-electron chi connectivity index (χ3n) is 3.66. The minimum atomic E-state index is -2.98. The van der Waals surface area contributed by atoms with E-state index in [9.17, 15) is 23.5 Å². The molecule has 0 radical (unpaired) electrons. The van der Waals surface area contributed by atoms with E-state index in [4.69, 9.17) is 4.74 Å². The molecular weight excluding hydrogens is 348 g/mol. The summed E-state index contributed by atoms with van der Waals surface area (Å²) in [5.41, 5.74) is -2.29. The van der Waals surface area contributed by atoms with Crippen LogP contribution in [0.2, 0.25) is 0 Å². The van der Waals surface area contributed by atoms with Gasteiger partial charge in [-0.2, -0.15) is 8.78 Å². The number of aliphatic carboxylic acids is 1. The molecule has 1 rings (SSSR count). The zero-order chi connectivity index (χ0) is 20.1. The van der Waals surface area contributed by atoms with Gasteiger partial charge >= 0.3 is 18.7 Å². The molecule has 1 unspecified atom stereocenters. The number of nitrogens with zero attached hydrogens (tertiary/aromatic N) is 1. The van der Waals surface area contributed by atoms with Crippen LogP contribution in [0.5, 0.6) is 5.75 Å². The maximum absolute atomic E-state index is 12.6. The van der Waals surface area contributed by atoms with Gasteiger partial charge in [0.05, 0.1) is 0 Å². The predicted octanol–water partition coefficient (Wildman–Crippen LogP) is 4.23. The van der Waals surface area contributed by atoms with Crippen molar-refractivity contribution in [2.45, 2.75) is 58.8 Å². The lowest BCUT2D eigenvalue weighted by Gasteiger charge is -2.39. The third-order valence-corrected chi connectivity index (χ3v) is 3.66. The van der Waals surface area contributed by atoms with E-state index in [2.05, 4.69) is 4.74 Å². The van der Waals surface area contributed by atoms with E-state index in [0.717, 1.165) is 4.90 Å². The number of benzene rings is 1. The molecule has 0 bridgehead atoms. The van der Waals surface area contributed by atoms with Gasteiger partial charge < -0.3 is 14.6 Å². The van der Waals surface area contributed by atoms with Crippen molar-refractivity contribution in [1.29, 1.82) is 0 Å². The van der Waals surface area contributed by atoms with Gasteiger partial charge in [0.25, 0.3) is 0 Å². The van der Waals surface area contributed by atoms with Gasteiger partial charge in [-0.15, -0.1) is 0 Å². The zero-order valence-corrected chi connectivity index (χ0v) is 15.6. The highest BCUT2D eigenvalue weighted by Gasteiger charge is 2.45. The lowest BCUT2D eigenvalue weighted by atomic mass is 9.90. The van der Waals surface area contributed by atoms with Crippen molar-refractivity contribution in [1.82, 2.24) is 4.90 Å². The second-order valence-electron chi connectivity index (χ2n) is 6.91. The number of carbonyl (C=O) groups excluding carboxylic acids is 1. The number of hydrogen-bond acceptors (Lipinski definition) is 4. The molecule has 8 heteroatoms. The normalized spacial score (nSPS) is 13.8. The van der Waals surface area contributed by atoms with Crippen LogP contribution in [0.3, 0.4) is 0 Å². The lowest BCUT2D eigenvalue weighted by Crippen LogP contribution is -2.54. The molecule has 0 aliphatic heterocycles. The van der Waals surface area contributed by atoms with E-state index < -0.39 is 29.8 Å².